The number of carbonyl (C=O) groups excluding carboxylic acids is 1. The van der Waals surface area contributed by atoms with Crippen LogP contribution in [0.3, 0.4) is 0 Å². The van der Waals surface area contributed by atoms with Crippen LogP contribution in [0.1, 0.15) is 34.1 Å². The highest BCUT2D eigenvalue weighted by Crippen LogP contribution is 2.21. The summed E-state index contributed by atoms with van der Waals surface area (Å²) in [6.07, 6.45) is 0.822. The molecule has 1 saturated heterocycles. The number of morpholine rings is 1. The van der Waals surface area contributed by atoms with E-state index in [0.717, 1.165) is 6.42 Å². The second-order valence-corrected chi connectivity index (χ2v) is 5.69. The Kier molecular flexibility index (Phi) is 4.38. The number of urea groups is 1. The number of nitrogens with one attached hydrogen (secondary N) is 1. The molecule has 1 heterocycles. The highest BCUT2D eigenvalue weighted by molar-refractivity contribution is 5.75. The van der Waals surface area contributed by atoms with Gasteiger partial charge in [0.05, 0.1) is 18.8 Å². The number of nitrogens with two attached hydrogens (primary N) is 1. The molecule has 100 valence electrons. The summed E-state index contributed by atoms with van der Waals surface area (Å²) in [6.45, 7) is 10.2. The van der Waals surface area contributed by atoms with Crippen molar-refractivity contribution in [2.75, 3.05) is 26.2 Å². The van der Waals surface area contributed by atoms with Crippen molar-refractivity contribution in [1.29, 1.82) is 0 Å². The van der Waals surface area contributed by atoms with Crippen LogP contribution < -0.4 is 11.1 Å². The Morgan fingerprint density at radius 2 is 2.18 bits per heavy atom. The predicted octanol–water partition coefficient (Wildman–Crippen LogP) is 0.934. The number of hydrogen-bond acceptors (Lipinski definition) is 3. The third-order valence-electron chi connectivity index (χ3n) is 3.03. The summed E-state index contributed by atoms with van der Waals surface area (Å²) in [5.74, 6) is 0. The van der Waals surface area contributed by atoms with Crippen molar-refractivity contribution < 1.29 is 9.53 Å². The molecule has 3 N–H and O–H groups in total. The number of nitrogens with zero attached hydrogens (tertiary/aromatic N) is 1. The minimum Gasteiger partial charge on any atom is -0.370 e. The summed E-state index contributed by atoms with van der Waals surface area (Å²) >= 11 is 0. The van der Waals surface area contributed by atoms with Crippen LogP contribution in [0.2, 0.25) is 0 Å². The van der Waals surface area contributed by atoms with E-state index in [2.05, 4.69) is 5.32 Å². The fourth-order valence-corrected chi connectivity index (χ4v) is 1.90. The average molecular weight is 243 g/mol. The normalized spacial score (nSPS) is 25.8. The summed E-state index contributed by atoms with van der Waals surface area (Å²) in [4.78, 5) is 13.8. The molecule has 0 aromatic rings. The van der Waals surface area contributed by atoms with E-state index in [1.807, 2.05) is 27.7 Å². The molecule has 1 aliphatic rings. The maximum atomic E-state index is 12.1. The molecule has 0 radical (unpaired) electrons. The molecule has 0 aliphatic carbocycles. The van der Waals surface area contributed by atoms with Gasteiger partial charge in [-0.3, -0.25) is 0 Å². The van der Waals surface area contributed by atoms with E-state index in [4.69, 9.17) is 10.5 Å². The molecule has 0 bridgehead atoms. The second kappa shape index (κ2) is 5.23. The Morgan fingerprint density at radius 3 is 2.65 bits per heavy atom. The van der Waals surface area contributed by atoms with Gasteiger partial charge in [-0.2, -0.15) is 0 Å². The molecule has 2 amide bonds. The highest BCUT2D eigenvalue weighted by Gasteiger charge is 2.36. The number of rotatable bonds is 2. The Balaban J connectivity index is 2.63. The lowest BCUT2D eigenvalue weighted by atomic mass is 9.98. The zero-order valence-corrected chi connectivity index (χ0v) is 11.4. The van der Waals surface area contributed by atoms with Crippen molar-refractivity contribution in [3.05, 3.63) is 0 Å². The van der Waals surface area contributed by atoms with Crippen LogP contribution in [-0.2, 0) is 4.74 Å². The number of ether oxygens (including phenoxy) is 1. The minimum absolute atomic E-state index is 0.0351. The third-order valence-corrected chi connectivity index (χ3v) is 3.03. The van der Waals surface area contributed by atoms with Gasteiger partial charge in [0.2, 0.25) is 0 Å². The summed E-state index contributed by atoms with van der Waals surface area (Å²) in [5.41, 5.74) is 5.17. The van der Waals surface area contributed by atoms with Crippen molar-refractivity contribution >= 4 is 6.03 Å². The van der Waals surface area contributed by atoms with E-state index >= 15 is 0 Å². The quantitative estimate of drug-likeness (QED) is 0.758. The molecule has 17 heavy (non-hydrogen) atoms. The first-order chi connectivity index (χ1) is 7.82. The molecular formula is C12H25N3O2. The van der Waals surface area contributed by atoms with Gasteiger partial charge in [0.25, 0.3) is 0 Å². The van der Waals surface area contributed by atoms with Gasteiger partial charge in [-0.15, -0.1) is 0 Å². The van der Waals surface area contributed by atoms with Crippen LogP contribution in [0.5, 0.6) is 0 Å². The monoisotopic (exact) mass is 243 g/mol. The number of carbonyl (C=O) groups is 1. The fourth-order valence-electron chi connectivity index (χ4n) is 1.90. The first-order valence-electron chi connectivity index (χ1n) is 6.23. The van der Waals surface area contributed by atoms with E-state index < -0.39 is 0 Å². The summed E-state index contributed by atoms with van der Waals surface area (Å²) in [6, 6.07) is -0.0351. The standard InChI is InChI=1S/C12H25N3O2/c1-5-12(8-13)9-15(6-7-17-12)10(16)14-11(2,3)4/h5-9,13H2,1-4H3,(H,14,16). The first kappa shape index (κ1) is 14.3. The SMILES string of the molecule is CCC1(CN)CN(C(=O)NC(C)(C)C)CCO1. The van der Waals surface area contributed by atoms with E-state index in [1.165, 1.54) is 0 Å². The summed E-state index contributed by atoms with van der Waals surface area (Å²) < 4.78 is 5.73. The molecule has 0 aromatic heterocycles. The molecule has 0 spiro atoms. The number of hydrogen-bond donors (Lipinski definition) is 2. The second-order valence-electron chi connectivity index (χ2n) is 5.69. The van der Waals surface area contributed by atoms with Crippen LogP contribution >= 0.6 is 0 Å². The molecule has 1 rings (SSSR count). The summed E-state index contributed by atoms with van der Waals surface area (Å²) in [7, 11) is 0. The van der Waals surface area contributed by atoms with Crippen LogP contribution in [0, 0.1) is 0 Å². The Hall–Kier alpha value is -0.810. The highest BCUT2D eigenvalue weighted by atomic mass is 16.5. The Bertz CT molecular complexity index is 269. The van der Waals surface area contributed by atoms with Gasteiger partial charge in [-0.1, -0.05) is 6.92 Å². The largest absolute Gasteiger partial charge is 0.370 e. The van der Waals surface area contributed by atoms with Gasteiger partial charge in [0, 0.05) is 18.6 Å². The lowest BCUT2D eigenvalue weighted by molar-refractivity contribution is -0.0934. The molecule has 5 nitrogen and oxygen atoms in total. The van der Waals surface area contributed by atoms with Crippen LogP contribution in [-0.4, -0.2) is 48.3 Å². The minimum atomic E-state index is -0.368. The van der Waals surface area contributed by atoms with Crippen molar-refractivity contribution in [2.45, 2.75) is 45.3 Å². The van der Waals surface area contributed by atoms with Crippen molar-refractivity contribution in [3.63, 3.8) is 0 Å². The molecular weight excluding hydrogens is 218 g/mol. The molecule has 1 atom stereocenters. The predicted molar refractivity (Wildman–Crippen MR) is 67.9 cm³/mol. The van der Waals surface area contributed by atoms with Crippen LogP contribution in [0.4, 0.5) is 4.79 Å². The van der Waals surface area contributed by atoms with Gasteiger partial charge < -0.3 is 20.7 Å². The van der Waals surface area contributed by atoms with E-state index in [9.17, 15) is 4.79 Å². The van der Waals surface area contributed by atoms with Crippen molar-refractivity contribution in [3.8, 4) is 0 Å². The molecule has 1 aliphatic heterocycles. The average Bonchev–Trinajstić information content (AvgIpc) is 2.27. The molecule has 0 aromatic carbocycles. The Labute approximate surface area is 104 Å². The Morgan fingerprint density at radius 1 is 1.53 bits per heavy atom. The smallest absolute Gasteiger partial charge is 0.317 e. The third kappa shape index (κ3) is 3.85. The molecule has 1 unspecified atom stereocenters. The lowest BCUT2D eigenvalue weighted by Crippen LogP contribution is -2.60. The molecule has 0 saturated carbocycles. The maximum absolute atomic E-state index is 12.1. The van der Waals surface area contributed by atoms with Gasteiger partial charge in [-0.25, -0.2) is 4.79 Å². The maximum Gasteiger partial charge on any atom is 0.317 e. The lowest BCUT2D eigenvalue weighted by Gasteiger charge is -2.42. The van der Waals surface area contributed by atoms with Crippen LogP contribution in [0.15, 0.2) is 0 Å². The topological polar surface area (TPSA) is 67.6 Å². The van der Waals surface area contributed by atoms with E-state index in [0.29, 0.717) is 26.2 Å². The van der Waals surface area contributed by atoms with Gasteiger partial charge >= 0.3 is 6.03 Å². The summed E-state index contributed by atoms with van der Waals surface area (Å²) in [5, 5.41) is 2.97. The van der Waals surface area contributed by atoms with Gasteiger partial charge in [-0.05, 0) is 27.2 Å². The van der Waals surface area contributed by atoms with E-state index in [1.54, 1.807) is 4.90 Å². The van der Waals surface area contributed by atoms with Crippen LogP contribution in [0.25, 0.3) is 0 Å². The first-order valence-corrected chi connectivity index (χ1v) is 6.23. The van der Waals surface area contributed by atoms with Crippen molar-refractivity contribution in [2.24, 2.45) is 5.73 Å². The molecule has 5 heteroatoms. The van der Waals surface area contributed by atoms with E-state index in [-0.39, 0.29) is 17.2 Å². The number of amides is 2. The van der Waals surface area contributed by atoms with Crippen molar-refractivity contribution in [1.82, 2.24) is 10.2 Å². The fraction of sp³-hybridized carbons (Fsp3) is 0.917. The van der Waals surface area contributed by atoms with Gasteiger partial charge in [0.1, 0.15) is 0 Å². The zero-order chi connectivity index (χ0) is 13.1. The molecule has 1 fully saturated rings. The van der Waals surface area contributed by atoms with Gasteiger partial charge in [0.15, 0.2) is 0 Å². The zero-order valence-electron chi connectivity index (χ0n) is 11.4.